The van der Waals surface area contributed by atoms with Crippen molar-refractivity contribution in [1.82, 2.24) is 4.90 Å². The van der Waals surface area contributed by atoms with E-state index in [0.717, 1.165) is 25.7 Å². The van der Waals surface area contributed by atoms with Gasteiger partial charge in [-0.2, -0.15) is 0 Å². The highest BCUT2D eigenvalue weighted by molar-refractivity contribution is 4.89. The lowest BCUT2D eigenvalue weighted by molar-refractivity contribution is -0.150. The van der Waals surface area contributed by atoms with E-state index >= 15 is 0 Å². The van der Waals surface area contributed by atoms with Crippen LogP contribution in [0.3, 0.4) is 0 Å². The highest BCUT2D eigenvalue weighted by atomic mass is 16.5. The molecule has 0 aromatic carbocycles. The van der Waals surface area contributed by atoms with Crippen molar-refractivity contribution < 1.29 is 9.84 Å². The van der Waals surface area contributed by atoms with Crippen molar-refractivity contribution in [3.05, 3.63) is 0 Å². The van der Waals surface area contributed by atoms with Gasteiger partial charge in [-0.25, -0.2) is 0 Å². The van der Waals surface area contributed by atoms with E-state index in [1.807, 2.05) is 0 Å². The van der Waals surface area contributed by atoms with Crippen LogP contribution in [0.2, 0.25) is 0 Å². The maximum atomic E-state index is 9.43. The molecule has 1 saturated carbocycles. The van der Waals surface area contributed by atoms with E-state index < -0.39 is 0 Å². The van der Waals surface area contributed by atoms with Crippen LogP contribution >= 0.6 is 0 Å². The van der Waals surface area contributed by atoms with Crippen molar-refractivity contribution in [2.75, 3.05) is 33.4 Å². The minimum absolute atomic E-state index is 0.0371. The summed E-state index contributed by atoms with van der Waals surface area (Å²) in [5.74, 6) is 0.865. The van der Waals surface area contributed by atoms with E-state index in [2.05, 4.69) is 18.9 Å². The van der Waals surface area contributed by atoms with E-state index in [0.29, 0.717) is 6.04 Å². The van der Waals surface area contributed by atoms with E-state index in [-0.39, 0.29) is 12.0 Å². The zero-order valence-corrected chi connectivity index (χ0v) is 10.6. The number of aliphatic hydroxyl groups excluding tert-OH is 1. The highest BCUT2D eigenvalue weighted by Gasteiger charge is 2.40. The van der Waals surface area contributed by atoms with Gasteiger partial charge >= 0.3 is 0 Å². The number of nitrogens with zero attached hydrogens (tertiary/aromatic N) is 1. The van der Waals surface area contributed by atoms with Crippen LogP contribution < -0.4 is 0 Å². The first-order chi connectivity index (χ1) is 7.65. The van der Waals surface area contributed by atoms with Crippen LogP contribution in [0.15, 0.2) is 0 Å². The van der Waals surface area contributed by atoms with Gasteiger partial charge in [0.2, 0.25) is 0 Å². The van der Waals surface area contributed by atoms with Crippen LogP contribution in [0.4, 0.5) is 0 Å². The Bertz CT molecular complexity index is 222. The third kappa shape index (κ3) is 2.58. The van der Waals surface area contributed by atoms with Crippen molar-refractivity contribution >= 4 is 0 Å². The van der Waals surface area contributed by atoms with Crippen LogP contribution in [-0.4, -0.2) is 49.5 Å². The predicted octanol–water partition coefficient (Wildman–Crippen LogP) is 1.51. The first-order valence-electron chi connectivity index (χ1n) is 6.54. The summed E-state index contributed by atoms with van der Waals surface area (Å²) in [4.78, 5) is 2.45. The third-order valence-electron chi connectivity index (χ3n) is 4.27. The molecule has 2 atom stereocenters. The molecule has 2 rings (SSSR count). The Hall–Kier alpha value is -0.120. The molecule has 0 spiro atoms. The predicted molar refractivity (Wildman–Crippen MR) is 64.4 cm³/mol. The van der Waals surface area contributed by atoms with Crippen molar-refractivity contribution in [2.45, 2.75) is 38.6 Å². The topological polar surface area (TPSA) is 32.7 Å². The normalized spacial score (nSPS) is 33.8. The molecule has 1 saturated heterocycles. The van der Waals surface area contributed by atoms with Gasteiger partial charge in [-0.05, 0) is 25.8 Å². The van der Waals surface area contributed by atoms with Crippen LogP contribution in [-0.2, 0) is 4.74 Å². The summed E-state index contributed by atoms with van der Waals surface area (Å²) in [7, 11) is 2.21. The second kappa shape index (κ2) is 5.03. The fourth-order valence-electron chi connectivity index (χ4n) is 3.08. The molecule has 2 unspecified atom stereocenters. The Kier molecular flexibility index (Phi) is 3.88. The van der Waals surface area contributed by atoms with Crippen LogP contribution in [0.1, 0.15) is 32.6 Å². The van der Waals surface area contributed by atoms with Crippen molar-refractivity contribution in [1.29, 1.82) is 0 Å². The first-order valence-corrected chi connectivity index (χ1v) is 6.54. The molecule has 0 aromatic rings. The molecule has 0 radical (unpaired) electrons. The minimum atomic E-state index is 0.0371. The first kappa shape index (κ1) is 12.3. The summed E-state index contributed by atoms with van der Waals surface area (Å²) >= 11 is 0. The fourth-order valence-corrected chi connectivity index (χ4v) is 3.08. The quantitative estimate of drug-likeness (QED) is 0.790. The number of hydrogen-bond donors (Lipinski definition) is 1. The molecule has 16 heavy (non-hydrogen) atoms. The van der Waals surface area contributed by atoms with Crippen LogP contribution in [0.5, 0.6) is 0 Å². The highest BCUT2D eigenvalue weighted by Crippen LogP contribution is 2.32. The van der Waals surface area contributed by atoms with Crippen molar-refractivity contribution in [2.24, 2.45) is 11.3 Å². The average Bonchev–Trinajstić information content (AvgIpc) is 2.23. The standard InChI is InChI=1S/C13H25NO2/c1-11-4-3-5-12(6-11)14(2)7-13(8-15)9-16-10-13/h11-12,15H,3-10H2,1-2H3. The third-order valence-corrected chi connectivity index (χ3v) is 4.27. The molecule has 1 aliphatic heterocycles. The molecule has 1 N–H and O–H groups in total. The zero-order chi connectivity index (χ0) is 11.6. The Morgan fingerprint density at radius 1 is 1.38 bits per heavy atom. The monoisotopic (exact) mass is 227 g/mol. The number of rotatable bonds is 4. The molecule has 2 fully saturated rings. The van der Waals surface area contributed by atoms with Gasteiger partial charge in [0.25, 0.3) is 0 Å². The molecule has 3 nitrogen and oxygen atoms in total. The Balaban J connectivity index is 1.84. The van der Waals surface area contributed by atoms with Crippen LogP contribution in [0, 0.1) is 11.3 Å². The smallest absolute Gasteiger partial charge is 0.0579 e. The van der Waals surface area contributed by atoms with Crippen molar-refractivity contribution in [3.63, 3.8) is 0 Å². The van der Waals surface area contributed by atoms with Gasteiger partial charge in [0.1, 0.15) is 0 Å². The molecule has 0 amide bonds. The van der Waals surface area contributed by atoms with Gasteiger partial charge in [0.05, 0.1) is 25.2 Å². The van der Waals surface area contributed by atoms with Gasteiger partial charge in [-0.15, -0.1) is 0 Å². The summed E-state index contributed by atoms with van der Waals surface area (Å²) < 4.78 is 5.25. The Morgan fingerprint density at radius 2 is 2.12 bits per heavy atom. The molecule has 0 bridgehead atoms. The maximum absolute atomic E-state index is 9.43. The lowest BCUT2D eigenvalue weighted by atomic mass is 9.83. The number of ether oxygens (including phenoxy) is 1. The molecule has 1 aliphatic carbocycles. The second-order valence-electron chi connectivity index (χ2n) is 5.99. The molecule has 1 heterocycles. The van der Waals surface area contributed by atoms with Gasteiger partial charge in [0.15, 0.2) is 0 Å². The van der Waals surface area contributed by atoms with Gasteiger partial charge in [0, 0.05) is 12.6 Å². The average molecular weight is 227 g/mol. The molecular formula is C13H25NO2. The van der Waals surface area contributed by atoms with Crippen molar-refractivity contribution in [3.8, 4) is 0 Å². The molecule has 94 valence electrons. The molecule has 2 aliphatic rings. The van der Waals surface area contributed by atoms with Gasteiger partial charge in [-0.1, -0.05) is 19.8 Å². The summed E-state index contributed by atoms with van der Waals surface area (Å²) in [6.07, 6.45) is 5.39. The number of aliphatic hydroxyl groups is 1. The van der Waals surface area contributed by atoms with Gasteiger partial charge < -0.3 is 14.7 Å². The lowest BCUT2D eigenvalue weighted by Crippen LogP contribution is -2.54. The SMILES string of the molecule is CC1CCCC(N(C)CC2(CO)COC2)C1. The largest absolute Gasteiger partial charge is 0.396 e. The summed E-state index contributed by atoms with van der Waals surface area (Å²) in [5.41, 5.74) is 0.0371. The number of hydrogen-bond acceptors (Lipinski definition) is 3. The second-order valence-corrected chi connectivity index (χ2v) is 5.99. The minimum Gasteiger partial charge on any atom is -0.396 e. The Labute approximate surface area is 98.8 Å². The molecule has 3 heteroatoms. The van der Waals surface area contributed by atoms with E-state index in [1.165, 1.54) is 25.7 Å². The summed E-state index contributed by atoms with van der Waals surface area (Å²) in [5, 5.41) is 9.43. The van der Waals surface area contributed by atoms with E-state index in [9.17, 15) is 5.11 Å². The zero-order valence-electron chi connectivity index (χ0n) is 10.6. The lowest BCUT2D eigenvalue weighted by Gasteiger charge is -2.45. The van der Waals surface area contributed by atoms with Gasteiger partial charge in [-0.3, -0.25) is 0 Å². The summed E-state index contributed by atoms with van der Waals surface area (Å²) in [6, 6.07) is 0.716. The van der Waals surface area contributed by atoms with E-state index in [4.69, 9.17) is 4.74 Å². The Morgan fingerprint density at radius 3 is 2.62 bits per heavy atom. The maximum Gasteiger partial charge on any atom is 0.0579 e. The summed E-state index contributed by atoms with van der Waals surface area (Å²) in [6.45, 7) is 5.07. The molecule has 0 aromatic heterocycles. The fraction of sp³-hybridized carbons (Fsp3) is 1.00. The van der Waals surface area contributed by atoms with E-state index in [1.54, 1.807) is 0 Å². The molecular weight excluding hydrogens is 202 g/mol. The van der Waals surface area contributed by atoms with Crippen LogP contribution in [0.25, 0.3) is 0 Å².